The van der Waals surface area contributed by atoms with Crippen molar-refractivity contribution in [1.82, 2.24) is 25.4 Å². The van der Waals surface area contributed by atoms with E-state index in [0.29, 0.717) is 30.5 Å². The molecule has 0 unspecified atom stereocenters. The van der Waals surface area contributed by atoms with Crippen LogP contribution in [0.2, 0.25) is 5.28 Å². The standard InChI is InChI=1S/C21H33ClFN7O3/c1-13-9-29(10-14(2)28(13)3)19-17(23)18(24-21(22)25-19)26-27-20(32)16(11-30(33)12-31)8-15-6-4-5-7-15/h12-16,33H,4-11H2,1-3H3,(H,27,32)(H,24,25,26)/t13-,14+,16-/m0/s1. The Balaban J connectivity index is 1.71. The number of hydrogen-bond acceptors (Lipinski definition) is 8. The van der Waals surface area contributed by atoms with Crippen molar-refractivity contribution in [2.45, 2.75) is 58.0 Å². The van der Waals surface area contributed by atoms with Gasteiger partial charge in [-0.15, -0.1) is 0 Å². The largest absolute Gasteiger partial charge is 0.351 e. The van der Waals surface area contributed by atoms with Crippen LogP contribution in [0, 0.1) is 17.7 Å². The molecule has 3 atom stereocenters. The van der Waals surface area contributed by atoms with Crippen LogP contribution in [0.25, 0.3) is 0 Å². The van der Waals surface area contributed by atoms with Crippen molar-refractivity contribution in [2.75, 3.05) is 37.0 Å². The lowest BCUT2D eigenvalue weighted by atomic mass is 9.92. The van der Waals surface area contributed by atoms with Gasteiger partial charge in [-0.3, -0.25) is 30.5 Å². The maximum atomic E-state index is 15.3. The lowest BCUT2D eigenvalue weighted by Crippen LogP contribution is -2.55. The maximum Gasteiger partial charge on any atom is 0.243 e. The molecule has 3 N–H and O–H groups in total. The average Bonchev–Trinajstić information content (AvgIpc) is 3.29. The number of likely N-dealkylation sites (N-methyl/N-ethyl adjacent to an activating group) is 1. The van der Waals surface area contributed by atoms with Gasteiger partial charge in [0.05, 0.1) is 12.5 Å². The number of hydrogen-bond donors (Lipinski definition) is 3. The number of carbonyl (C=O) groups is 2. The molecule has 0 bridgehead atoms. The summed E-state index contributed by atoms with van der Waals surface area (Å²) in [4.78, 5) is 35.7. The van der Waals surface area contributed by atoms with E-state index in [2.05, 4.69) is 39.6 Å². The van der Waals surface area contributed by atoms with Gasteiger partial charge in [0.25, 0.3) is 0 Å². The molecule has 1 aliphatic carbocycles. The van der Waals surface area contributed by atoms with Crippen molar-refractivity contribution >= 4 is 35.6 Å². The van der Waals surface area contributed by atoms with Crippen LogP contribution in [0.4, 0.5) is 16.0 Å². The molecule has 3 rings (SSSR count). The molecule has 0 radical (unpaired) electrons. The second kappa shape index (κ2) is 11.3. The summed E-state index contributed by atoms with van der Waals surface area (Å²) in [5, 5.41) is 9.92. The number of nitrogens with zero attached hydrogens (tertiary/aromatic N) is 5. The van der Waals surface area contributed by atoms with Crippen LogP contribution < -0.4 is 15.8 Å². The van der Waals surface area contributed by atoms with Gasteiger partial charge >= 0.3 is 0 Å². The van der Waals surface area contributed by atoms with Crippen molar-refractivity contribution in [3.05, 3.63) is 11.1 Å². The van der Waals surface area contributed by atoms with Crippen LogP contribution in [-0.2, 0) is 9.59 Å². The first-order valence-corrected chi connectivity index (χ1v) is 11.7. The Kier molecular flexibility index (Phi) is 8.66. The first-order valence-electron chi connectivity index (χ1n) is 11.4. The predicted octanol–water partition coefficient (Wildman–Crippen LogP) is 2.29. The quantitative estimate of drug-likeness (QED) is 0.211. The number of rotatable bonds is 9. The fourth-order valence-electron chi connectivity index (χ4n) is 4.68. The zero-order chi connectivity index (χ0) is 24.1. The predicted molar refractivity (Wildman–Crippen MR) is 122 cm³/mol. The van der Waals surface area contributed by atoms with Gasteiger partial charge in [-0.1, -0.05) is 25.7 Å². The number of piperazine rings is 1. The van der Waals surface area contributed by atoms with Gasteiger partial charge in [0.1, 0.15) is 0 Å². The van der Waals surface area contributed by atoms with Gasteiger partial charge in [0.2, 0.25) is 23.4 Å². The van der Waals surface area contributed by atoms with Crippen molar-refractivity contribution in [3.8, 4) is 0 Å². The molecule has 0 aromatic carbocycles. The summed E-state index contributed by atoms with van der Waals surface area (Å²) in [5.41, 5.74) is 4.99. The van der Waals surface area contributed by atoms with Crippen molar-refractivity contribution in [1.29, 1.82) is 0 Å². The third kappa shape index (κ3) is 6.42. The van der Waals surface area contributed by atoms with Crippen LogP contribution in [0.15, 0.2) is 0 Å². The van der Waals surface area contributed by atoms with Crippen LogP contribution in [-0.4, -0.2) is 76.2 Å². The van der Waals surface area contributed by atoms with E-state index in [4.69, 9.17) is 11.6 Å². The summed E-state index contributed by atoms with van der Waals surface area (Å²) in [6, 6.07) is 0.377. The molecule has 2 heterocycles. The molecule has 1 saturated heterocycles. The van der Waals surface area contributed by atoms with Crippen molar-refractivity contribution < 1.29 is 19.2 Å². The first kappa shape index (κ1) is 25.4. The van der Waals surface area contributed by atoms with E-state index < -0.39 is 17.6 Å². The Morgan fingerprint density at radius 3 is 2.55 bits per heavy atom. The van der Waals surface area contributed by atoms with E-state index in [1.54, 1.807) is 0 Å². The molecule has 1 aromatic rings. The molecule has 184 valence electrons. The average molecular weight is 486 g/mol. The Morgan fingerprint density at radius 1 is 1.30 bits per heavy atom. The van der Waals surface area contributed by atoms with Gasteiger partial charge in [0.15, 0.2) is 11.6 Å². The number of amides is 2. The highest BCUT2D eigenvalue weighted by molar-refractivity contribution is 6.28. The molecule has 1 aliphatic heterocycles. The summed E-state index contributed by atoms with van der Waals surface area (Å²) < 4.78 is 15.3. The zero-order valence-electron chi connectivity index (χ0n) is 19.3. The van der Waals surface area contributed by atoms with Crippen LogP contribution in [0.5, 0.6) is 0 Å². The molecule has 2 amide bonds. The van der Waals surface area contributed by atoms with Gasteiger partial charge in [-0.25, -0.2) is 5.06 Å². The third-order valence-electron chi connectivity index (χ3n) is 6.76. The van der Waals surface area contributed by atoms with Gasteiger partial charge in [-0.2, -0.15) is 14.4 Å². The Hall–Kier alpha value is -2.24. The molecule has 1 saturated carbocycles. The molecule has 12 heteroatoms. The van der Waals surface area contributed by atoms with Gasteiger partial charge < -0.3 is 4.90 Å². The van der Waals surface area contributed by atoms with Crippen LogP contribution in [0.1, 0.15) is 46.0 Å². The minimum atomic E-state index is -0.715. The van der Waals surface area contributed by atoms with E-state index >= 15 is 4.39 Å². The number of hydrazine groups is 1. The van der Waals surface area contributed by atoms with E-state index in [1.807, 2.05) is 11.9 Å². The number of anilines is 2. The lowest BCUT2D eigenvalue weighted by molar-refractivity contribution is -0.154. The van der Waals surface area contributed by atoms with Crippen molar-refractivity contribution in [3.63, 3.8) is 0 Å². The zero-order valence-corrected chi connectivity index (χ0v) is 20.1. The molecule has 2 fully saturated rings. The number of nitrogens with one attached hydrogen (secondary N) is 2. The summed E-state index contributed by atoms with van der Waals surface area (Å²) in [5.74, 6) is -1.67. The Morgan fingerprint density at radius 2 is 1.94 bits per heavy atom. The minimum absolute atomic E-state index is 0.0727. The third-order valence-corrected chi connectivity index (χ3v) is 6.93. The summed E-state index contributed by atoms with van der Waals surface area (Å²) in [7, 11) is 2.03. The molecule has 10 nitrogen and oxygen atoms in total. The second-order valence-electron chi connectivity index (χ2n) is 9.17. The monoisotopic (exact) mass is 485 g/mol. The molecule has 33 heavy (non-hydrogen) atoms. The van der Waals surface area contributed by atoms with E-state index in [-0.39, 0.29) is 42.0 Å². The minimum Gasteiger partial charge on any atom is -0.351 e. The number of hydroxylamine groups is 2. The molecular weight excluding hydrogens is 453 g/mol. The molecule has 1 aromatic heterocycles. The number of carbonyl (C=O) groups excluding carboxylic acids is 2. The van der Waals surface area contributed by atoms with Crippen molar-refractivity contribution in [2.24, 2.45) is 11.8 Å². The Labute approximate surface area is 198 Å². The maximum absolute atomic E-state index is 15.3. The highest BCUT2D eigenvalue weighted by Gasteiger charge is 2.31. The topological polar surface area (TPSA) is 114 Å². The first-order chi connectivity index (χ1) is 15.7. The van der Waals surface area contributed by atoms with E-state index in [0.717, 1.165) is 25.7 Å². The van der Waals surface area contributed by atoms with E-state index in [9.17, 15) is 14.8 Å². The fraction of sp³-hybridized carbons (Fsp3) is 0.714. The summed E-state index contributed by atoms with van der Waals surface area (Å²) >= 11 is 6.06. The number of aromatic nitrogens is 2. The lowest BCUT2D eigenvalue weighted by Gasteiger charge is -2.43. The van der Waals surface area contributed by atoms with Crippen LogP contribution >= 0.6 is 11.6 Å². The highest BCUT2D eigenvalue weighted by atomic mass is 35.5. The SMILES string of the molecule is C[C@@H]1CN(c2nc(Cl)nc(NNC(=O)[C@@H](CC3CCCC3)CN(O)C=O)c2F)C[C@H](C)N1C. The molecule has 2 aliphatic rings. The molecule has 0 spiro atoms. The smallest absolute Gasteiger partial charge is 0.243 e. The van der Waals surface area contributed by atoms with E-state index in [1.165, 1.54) is 0 Å². The second-order valence-corrected chi connectivity index (χ2v) is 9.51. The van der Waals surface area contributed by atoms with Crippen LogP contribution in [0.3, 0.4) is 0 Å². The summed E-state index contributed by atoms with van der Waals surface area (Å²) in [6.07, 6.45) is 5.00. The Bertz CT molecular complexity index is 830. The fourth-order valence-corrected chi connectivity index (χ4v) is 4.85. The molecular formula is C21H33ClFN7O3. The number of halogens is 2. The highest BCUT2D eigenvalue weighted by Crippen LogP contribution is 2.31. The summed E-state index contributed by atoms with van der Waals surface area (Å²) in [6.45, 7) is 5.09. The van der Waals surface area contributed by atoms with Gasteiger partial charge in [-0.05, 0) is 44.8 Å². The normalized spacial score (nSPS) is 22.8. The van der Waals surface area contributed by atoms with Gasteiger partial charge in [0, 0.05) is 25.2 Å².